The number of aryl methyl sites for hydroxylation is 1. The van der Waals surface area contributed by atoms with Crippen molar-refractivity contribution in [3.63, 3.8) is 0 Å². The number of anilines is 1. The molecule has 2 aliphatic carbocycles. The molecule has 2 fully saturated rings. The molecule has 3 atom stereocenters. The van der Waals surface area contributed by atoms with Gasteiger partial charge in [0.25, 0.3) is 0 Å². The third kappa shape index (κ3) is 2.69. The average molecular weight is 273 g/mol. The quantitative estimate of drug-likeness (QED) is 0.894. The lowest BCUT2D eigenvalue weighted by Crippen LogP contribution is -2.29. The Bertz CT molecular complexity index is 471. The third-order valence-electron chi connectivity index (χ3n) is 5.24. The molecule has 1 N–H and O–H groups in total. The number of rotatable bonds is 5. The standard InChI is InChI=1S/C17H27N3/c1-12-6-14(9-18-2)10-19-17(12)20(3)11-16-8-13-4-5-15(16)7-13/h6,10,13,15-16,18H,4-5,7-9,11H2,1-3H3. The van der Waals surface area contributed by atoms with Crippen LogP contribution in [-0.4, -0.2) is 25.6 Å². The maximum absolute atomic E-state index is 4.69. The fourth-order valence-corrected chi connectivity index (χ4v) is 4.36. The topological polar surface area (TPSA) is 28.2 Å². The Morgan fingerprint density at radius 1 is 1.35 bits per heavy atom. The van der Waals surface area contributed by atoms with Crippen LogP contribution < -0.4 is 10.2 Å². The molecule has 3 rings (SSSR count). The molecule has 0 saturated heterocycles. The van der Waals surface area contributed by atoms with E-state index in [2.05, 4.69) is 35.2 Å². The van der Waals surface area contributed by atoms with E-state index in [0.717, 1.165) is 30.1 Å². The summed E-state index contributed by atoms with van der Waals surface area (Å²) in [7, 11) is 4.18. The van der Waals surface area contributed by atoms with Crippen LogP contribution in [0.2, 0.25) is 0 Å². The minimum atomic E-state index is 0.893. The van der Waals surface area contributed by atoms with Gasteiger partial charge in [0, 0.05) is 26.3 Å². The van der Waals surface area contributed by atoms with E-state index >= 15 is 0 Å². The molecule has 0 aliphatic heterocycles. The Morgan fingerprint density at radius 2 is 2.20 bits per heavy atom. The van der Waals surface area contributed by atoms with Crippen LogP contribution in [-0.2, 0) is 6.54 Å². The molecule has 20 heavy (non-hydrogen) atoms. The highest BCUT2D eigenvalue weighted by Crippen LogP contribution is 2.48. The minimum absolute atomic E-state index is 0.893. The predicted octanol–water partition coefficient (Wildman–Crippen LogP) is 2.98. The zero-order valence-electron chi connectivity index (χ0n) is 13.0. The molecule has 3 nitrogen and oxygen atoms in total. The molecule has 2 aliphatic rings. The van der Waals surface area contributed by atoms with Crippen molar-refractivity contribution in [2.45, 2.75) is 39.2 Å². The number of aromatic nitrogens is 1. The van der Waals surface area contributed by atoms with E-state index in [1.807, 2.05) is 13.2 Å². The summed E-state index contributed by atoms with van der Waals surface area (Å²) < 4.78 is 0. The smallest absolute Gasteiger partial charge is 0.131 e. The first-order chi connectivity index (χ1) is 9.67. The third-order valence-corrected chi connectivity index (χ3v) is 5.24. The van der Waals surface area contributed by atoms with Gasteiger partial charge >= 0.3 is 0 Å². The Kier molecular flexibility index (Phi) is 3.97. The highest BCUT2D eigenvalue weighted by molar-refractivity contribution is 5.46. The summed E-state index contributed by atoms with van der Waals surface area (Å²) in [6.07, 6.45) is 7.91. The maximum Gasteiger partial charge on any atom is 0.131 e. The Hall–Kier alpha value is -1.09. The first kappa shape index (κ1) is 13.9. The fraction of sp³-hybridized carbons (Fsp3) is 0.706. The number of hydrogen-bond acceptors (Lipinski definition) is 3. The summed E-state index contributed by atoms with van der Waals surface area (Å²) in [5.74, 6) is 4.08. The van der Waals surface area contributed by atoms with Gasteiger partial charge in [-0.25, -0.2) is 4.98 Å². The van der Waals surface area contributed by atoms with E-state index in [0.29, 0.717) is 0 Å². The van der Waals surface area contributed by atoms with Crippen LogP contribution in [0, 0.1) is 24.7 Å². The van der Waals surface area contributed by atoms with Crippen LogP contribution in [0.4, 0.5) is 5.82 Å². The molecular formula is C17H27N3. The SMILES string of the molecule is CNCc1cnc(N(C)CC2CC3CCC2C3)c(C)c1. The molecule has 110 valence electrons. The fourth-order valence-electron chi connectivity index (χ4n) is 4.36. The molecule has 2 saturated carbocycles. The maximum atomic E-state index is 4.69. The second-order valence-electron chi connectivity index (χ2n) is 6.83. The van der Waals surface area contributed by atoms with E-state index < -0.39 is 0 Å². The molecule has 1 aromatic heterocycles. The summed E-state index contributed by atoms with van der Waals surface area (Å²) >= 11 is 0. The molecule has 0 aromatic carbocycles. The molecular weight excluding hydrogens is 246 g/mol. The molecule has 0 spiro atoms. The van der Waals surface area contributed by atoms with Crippen molar-refractivity contribution in [2.75, 3.05) is 25.5 Å². The van der Waals surface area contributed by atoms with Gasteiger partial charge in [-0.1, -0.05) is 6.42 Å². The van der Waals surface area contributed by atoms with Gasteiger partial charge in [0.1, 0.15) is 5.82 Å². The molecule has 1 heterocycles. The van der Waals surface area contributed by atoms with Gasteiger partial charge in [-0.05, 0) is 68.2 Å². The Morgan fingerprint density at radius 3 is 2.80 bits per heavy atom. The summed E-state index contributed by atoms with van der Waals surface area (Å²) in [5.41, 5.74) is 2.56. The lowest BCUT2D eigenvalue weighted by atomic mass is 9.88. The van der Waals surface area contributed by atoms with Gasteiger partial charge in [0.2, 0.25) is 0 Å². The summed E-state index contributed by atoms with van der Waals surface area (Å²) in [6, 6.07) is 2.26. The lowest BCUT2D eigenvalue weighted by molar-refractivity contribution is 0.337. The van der Waals surface area contributed by atoms with E-state index in [1.165, 1.54) is 43.4 Å². The van der Waals surface area contributed by atoms with E-state index in [4.69, 9.17) is 0 Å². The van der Waals surface area contributed by atoms with Gasteiger partial charge < -0.3 is 10.2 Å². The van der Waals surface area contributed by atoms with Gasteiger partial charge in [-0.15, -0.1) is 0 Å². The van der Waals surface area contributed by atoms with Crippen LogP contribution in [0.1, 0.15) is 36.8 Å². The molecule has 3 heteroatoms. The number of nitrogens with one attached hydrogen (secondary N) is 1. The van der Waals surface area contributed by atoms with E-state index in [9.17, 15) is 0 Å². The van der Waals surface area contributed by atoms with Gasteiger partial charge in [0.05, 0.1) is 0 Å². The first-order valence-corrected chi connectivity index (χ1v) is 7.98. The van der Waals surface area contributed by atoms with Crippen LogP contribution in [0.5, 0.6) is 0 Å². The first-order valence-electron chi connectivity index (χ1n) is 7.98. The normalized spacial score (nSPS) is 28.1. The Balaban J connectivity index is 1.66. The van der Waals surface area contributed by atoms with E-state index in [-0.39, 0.29) is 0 Å². The monoisotopic (exact) mass is 273 g/mol. The summed E-state index contributed by atoms with van der Waals surface area (Å²) in [5, 5.41) is 3.18. The highest BCUT2D eigenvalue weighted by Gasteiger charge is 2.39. The van der Waals surface area contributed by atoms with Gasteiger partial charge in [-0.3, -0.25) is 0 Å². The summed E-state index contributed by atoms with van der Waals surface area (Å²) in [6.45, 7) is 4.25. The van der Waals surface area contributed by atoms with Crippen molar-refractivity contribution in [3.8, 4) is 0 Å². The van der Waals surface area contributed by atoms with Gasteiger partial charge in [-0.2, -0.15) is 0 Å². The highest BCUT2D eigenvalue weighted by atomic mass is 15.2. The predicted molar refractivity (Wildman–Crippen MR) is 83.9 cm³/mol. The zero-order valence-corrected chi connectivity index (χ0v) is 13.0. The number of pyridine rings is 1. The molecule has 0 amide bonds. The molecule has 3 unspecified atom stereocenters. The average Bonchev–Trinajstić information content (AvgIpc) is 3.01. The molecule has 0 radical (unpaired) electrons. The van der Waals surface area contributed by atoms with Crippen molar-refractivity contribution in [2.24, 2.45) is 17.8 Å². The number of hydrogen-bond donors (Lipinski definition) is 1. The van der Waals surface area contributed by atoms with Crippen LogP contribution in [0.3, 0.4) is 0 Å². The largest absolute Gasteiger partial charge is 0.359 e. The second-order valence-corrected chi connectivity index (χ2v) is 6.83. The van der Waals surface area contributed by atoms with Crippen molar-refractivity contribution in [1.82, 2.24) is 10.3 Å². The zero-order chi connectivity index (χ0) is 14.1. The second kappa shape index (κ2) is 5.72. The molecule has 2 bridgehead atoms. The van der Waals surface area contributed by atoms with E-state index in [1.54, 1.807) is 0 Å². The minimum Gasteiger partial charge on any atom is -0.359 e. The summed E-state index contributed by atoms with van der Waals surface area (Å²) in [4.78, 5) is 7.07. The van der Waals surface area contributed by atoms with Crippen molar-refractivity contribution in [1.29, 1.82) is 0 Å². The van der Waals surface area contributed by atoms with Crippen molar-refractivity contribution < 1.29 is 0 Å². The number of fused-ring (bicyclic) bond motifs is 2. The van der Waals surface area contributed by atoms with Crippen molar-refractivity contribution in [3.05, 3.63) is 23.4 Å². The van der Waals surface area contributed by atoms with Crippen LogP contribution >= 0.6 is 0 Å². The van der Waals surface area contributed by atoms with Gasteiger partial charge in [0.15, 0.2) is 0 Å². The number of nitrogens with zero attached hydrogens (tertiary/aromatic N) is 2. The Labute approximate surface area is 122 Å². The molecule has 1 aromatic rings. The lowest BCUT2D eigenvalue weighted by Gasteiger charge is -2.28. The van der Waals surface area contributed by atoms with Crippen LogP contribution in [0.15, 0.2) is 12.3 Å². The van der Waals surface area contributed by atoms with Crippen LogP contribution in [0.25, 0.3) is 0 Å². The van der Waals surface area contributed by atoms with Crippen molar-refractivity contribution >= 4 is 5.82 Å².